The normalized spacial score (nSPS) is 24.3. The third-order valence-corrected chi connectivity index (χ3v) is 7.98. The van der Waals surface area contributed by atoms with E-state index in [1.54, 1.807) is 11.0 Å². The van der Waals surface area contributed by atoms with Gasteiger partial charge in [-0.25, -0.2) is 4.79 Å². The number of aliphatic hydroxyl groups excluding tert-OH is 3. The number of phenolic OH excluding ortho intramolecular Hbond substituents is 1. The van der Waals surface area contributed by atoms with E-state index in [-0.39, 0.29) is 30.9 Å². The minimum atomic E-state index is -1.12. The van der Waals surface area contributed by atoms with Crippen LogP contribution in [-0.2, 0) is 4.74 Å². The number of nitrogens with one attached hydrogen (secondary N) is 1. The molecule has 8 heteroatoms. The molecule has 2 aliphatic rings. The topological polar surface area (TPSA) is 122 Å². The lowest BCUT2D eigenvalue weighted by Gasteiger charge is -2.36. The lowest BCUT2D eigenvalue weighted by molar-refractivity contribution is -0.181. The fourth-order valence-corrected chi connectivity index (χ4v) is 5.71. The third-order valence-electron chi connectivity index (χ3n) is 7.98. The summed E-state index contributed by atoms with van der Waals surface area (Å²) in [4.78, 5) is 14.5. The molecule has 2 saturated heterocycles. The largest absolute Gasteiger partial charge is 0.508 e. The molecule has 210 valence electrons. The van der Waals surface area contributed by atoms with E-state index < -0.39 is 24.4 Å². The second-order valence-electron chi connectivity index (χ2n) is 10.5. The number of benzene rings is 4. The molecule has 2 amide bonds. The van der Waals surface area contributed by atoms with Crippen LogP contribution in [0, 0.1) is 0 Å². The zero-order valence-electron chi connectivity index (χ0n) is 22.3. The molecule has 5 atom stereocenters. The number of carbonyl (C=O) groups is 1. The quantitative estimate of drug-likeness (QED) is 0.239. The zero-order chi connectivity index (χ0) is 28.5. The maximum absolute atomic E-state index is 12.8. The van der Waals surface area contributed by atoms with Gasteiger partial charge in [0.05, 0.1) is 24.9 Å². The van der Waals surface area contributed by atoms with Gasteiger partial charge in [-0.15, -0.1) is 0 Å². The molecule has 2 fully saturated rings. The van der Waals surface area contributed by atoms with Crippen molar-refractivity contribution in [3.63, 3.8) is 0 Å². The molecule has 0 radical (unpaired) electrons. The standard InChI is InChI=1S/C33H32N2O6/c36-19-31-32(39)29(38)17-30(41-31)23-8-6-22(7-9-23)24-12-15-26(28(37)16-24)27-18-34-33(40)35(27)25-13-10-21(11-14-25)20-4-2-1-3-5-20/h1-16,27,29-32,36-39H,17-19H2,(H,34,40)/t27?,29?,30?,31?,32-/m0/s1. The number of hydrogen-bond donors (Lipinski definition) is 5. The van der Waals surface area contributed by atoms with Crippen LogP contribution in [0.1, 0.15) is 29.7 Å². The summed E-state index contributed by atoms with van der Waals surface area (Å²) in [5.41, 5.74) is 6.05. The van der Waals surface area contributed by atoms with Gasteiger partial charge in [0.2, 0.25) is 0 Å². The van der Waals surface area contributed by atoms with E-state index in [1.807, 2.05) is 91.0 Å². The number of carbonyl (C=O) groups excluding carboxylic acids is 1. The van der Waals surface area contributed by atoms with Gasteiger partial charge in [0, 0.05) is 24.2 Å². The molecule has 5 N–H and O–H groups in total. The van der Waals surface area contributed by atoms with Gasteiger partial charge in [-0.2, -0.15) is 0 Å². The predicted molar refractivity (Wildman–Crippen MR) is 155 cm³/mol. The van der Waals surface area contributed by atoms with Crippen molar-refractivity contribution in [2.75, 3.05) is 18.1 Å². The molecular formula is C33H32N2O6. The Kier molecular flexibility index (Phi) is 7.47. The van der Waals surface area contributed by atoms with Gasteiger partial charge in [-0.05, 0) is 46.0 Å². The van der Waals surface area contributed by atoms with E-state index in [1.165, 1.54) is 0 Å². The van der Waals surface area contributed by atoms with Gasteiger partial charge < -0.3 is 30.5 Å². The van der Waals surface area contributed by atoms with E-state index >= 15 is 0 Å². The maximum atomic E-state index is 12.8. The highest BCUT2D eigenvalue weighted by molar-refractivity contribution is 5.95. The van der Waals surface area contributed by atoms with Crippen molar-refractivity contribution < 1.29 is 30.0 Å². The summed E-state index contributed by atoms with van der Waals surface area (Å²) in [5, 5.41) is 43.6. The summed E-state index contributed by atoms with van der Waals surface area (Å²) in [6.07, 6.45) is -3.16. The van der Waals surface area contributed by atoms with Gasteiger partial charge in [-0.3, -0.25) is 4.90 Å². The molecule has 4 aromatic carbocycles. The first-order chi connectivity index (χ1) is 19.9. The molecule has 41 heavy (non-hydrogen) atoms. The van der Waals surface area contributed by atoms with Crippen molar-refractivity contribution in [1.29, 1.82) is 0 Å². The summed E-state index contributed by atoms with van der Waals surface area (Å²) < 4.78 is 5.79. The van der Waals surface area contributed by atoms with Gasteiger partial charge in [0.15, 0.2) is 0 Å². The van der Waals surface area contributed by atoms with Crippen molar-refractivity contribution in [2.45, 2.75) is 36.9 Å². The first kappa shape index (κ1) is 27.0. The van der Waals surface area contributed by atoms with Gasteiger partial charge in [0.25, 0.3) is 0 Å². The monoisotopic (exact) mass is 552 g/mol. The summed E-state index contributed by atoms with van der Waals surface area (Å²) in [5.74, 6) is 0.0949. The average molecular weight is 553 g/mol. The van der Waals surface area contributed by atoms with Crippen molar-refractivity contribution in [1.82, 2.24) is 5.32 Å². The van der Waals surface area contributed by atoms with E-state index in [0.29, 0.717) is 12.1 Å². The Labute approximate surface area is 238 Å². The second-order valence-corrected chi connectivity index (χ2v) is 10.5. The number of aliphatic hydroxyl groups is 3. The molecule has 6 rings (SSSR count). The van der Waals surface area contributed by atoms with Crippen LogP contribution in [0.5, 0.6) is 5.75 Å². The van der Waals surface area contributed by atoms with Gasteiger partial charge in [-0.1, -0.05) is 78.9 Å². The zero-order valence-corrected chi connectivity index (χ0v) is 22.3. The van der Waals surface area contributed by atoms with Crippen LogP contribution in [0.4, 0.5) is 10.5 Å². The average Bonchev–Trinajstić information content (AvgIpc) is 3.39. The van der Waals surface area contributed by atoms with Crippen molar-refractivity contribution in [2.24, 2.45) is 0 Å². The number of anilines is 1. The first-order valence-corrected chi connectivity index (χ1v) is 13.7. The lowest BCUT2D eigenvalue weighted by atomic mass is 9.92. The number of rotatable bonds is 6. The summed E-state index contributed by atoms with van der Waals surface area (Å²) in [6.45, 7) is -0.00534. The van der Waals surface area contributed by atoms with Crippen LogP contribution in [0.3, 0.4) is 0 Å². The fourth-order valence-electron chi connectivity index (χ4n) is 5.71. The number of nitrogens with zero attached hydrogens (tertiary/aromatic N) is 1. The van der Waals surface area contributed by atoms with Crippen LogP contribution < -0.4 is 10.2 Å². The Morgan fingerprint density at radius 1 is 0.829 bits per heavy atom. The molecule has 4 unspecified atom stereocenters. The molecule has 0 aliphatic carbocycles. The van der Waals surface area contributed by atoms with E-state index in [2.05, 4.69) is 5.32 Å². The van der Waals surface area contributed by atoms with Gasteiger partial charge >= 0.3 is 6.03 Å². The third kappa shape index (κ3) is 5.30. The Morgan fingerprint density at radius 2 is 1.46 bits per heavy atom. The van der Waals surface area contributed by atoms with Crippen LogP contribution in [0.2, 0.25) is 0 Å². The molecule has 8 nitrogen and oxygen atoms in total. The number of aromatic hydroxyl groups is 1. The van der Waals surface area contributed by atoms with Crippen molar-refractivity contribution in [3.05, 3.63) is 108 Å². The Balaban J connectivity index is 1.20. The highest BCUT2D eigenvalue weighted by Crippen LogP contribution is 2.38. The molecular weight excluding hydrogens is 520 g/mol. The van der Waals surface area contributed by atoms with Crippen molar-refractivity contribution >= 4 is 11.7 Å². The van der Waals surface area contributed by atoms with E-state index in [9.17, 15) is 25.2 Å². The Hall–Kier alpha value is -4.21. The molecule has 2 heterocycles. The maximum Gasteiger partial charge on any atom is 0.322 e. The fraction of sp³-hybridized carbons (Fsp3) is 0.242. The SMILES string of the molecule is O=C1NCC(c2ccc(-c3ccc(C4CC(O)[C@H](O)C(CO)O4)cc3)cc2O)N1c1ccc(-c2ccccc2)cc1. The molecule has 0 spiro atoms. The summed E-state index contributed by atoms with van der Waals surface area (Å²) >= 11 is 0. The molecule has 4 aromatic rings. The number of ether oxygens (including phenoxy) is 1. The van der Waals surface area contributed by atoms with E-state index in [4.69, 9.17) is 4.74 Å². The Bertz CT molecular complexity index is 1510. The number of amides is 2. The molecule has 0 saturated carbocycles. The molecule has 0 aromatic heterocycles. The minimum Gasteiger partial charge on any atom is -0.508 e. The summed E-state index contributed by atoms with van der Waals surface area (Å²) in [6, 6.07) is 30.3. The van der Waals surface area contributed by atoms with Crippen LogP contribution >= 0.6 is 0 Å². The van der Waals surface area contributed by atoms with Crippen LogP contribution in [0.15, 0.2) is 97.1 Å². The van der Waals surface area contributed by atoms with Gasteiger partial charge in [0.1, 0.15) is 18.0 Å². The number of hydrogen-bond acceptors (Lipinski definition) is 6. The molecule has 2 aliphatic heterocycles. The van der Waals surface area contributed by atoms with Crippen LogP contribution in [0.25, 0.3) is 22.3 Å². The number of phenols is 1. The summed E-state index contributed by atoms with van der Waals surface area (Å²) in [7, 11) is 0. The number of urea groups is 1. The Morgan fingerprint density at radius 3 is 2.15 bits per heavy atom. The first-order valence-electron chi connectivity index (χ1n) is 13.7. The highest BCUT2D eigenvalue weighted by atomic mass is 16.5. The van der Waals surface area contributed by atoms with Crippen molar-refractivity contribution in [3.8, 4) is 28.0 Å². The molecule has 0 bridgehead atoms. The predicted octanol–water partition coefficient (Wildman–Crippen LogP) is 4.54. The smallest absolute Gasteiger partial charge is 0.322 e. The second kappa shape index (κ2) is 11.3. The van der Waals surface area contributed by atoms with E-state index in [0.717, 1.165) is 33.5 Å². The van der Waals surface area contributed by atoms with Crippen LogP contribution in [-0.4, -0.2) is 57.9 Å². The highest BCUT2D eigenvalue weighted by Gasteiger charge is 2.37. The minimum absolute atomic E-state index is 0.0949. The lowest BCUT2D eigenvalue weighted by Crippen LogP contribution is -2.47.